The van der Waals surface area contributed by atoms with Crippen LogP contribution in [-0.4, -0.2) is 43.8 Å². The second-order valence-corrected chi connectivity index (χ2v) is 8.62. The summed E-state index contributed by atoms with van der Waals surface area (Å²) >= 11 is 0. The fourth-order valence-electron chi connectivity index (χ4n) is 4.11. The largest absolute Gasteiger partial charge is 0.476 e. The topological polar surface area (TPSA) is 109 Å². The maximum atomic E-state index is 13.4. The van der Waals surface area contributed by atoms with E-state index < -0.39 is 5.60 Å². The second kappa shape index (κ2) is 8.16. The Morgan fingerprint density at radius 2 is 2.06 bits per heavy atom. The summed E-state index contributed by atoms with van der Waals surface area (Å²) in [5.41, 5.74) is 1.70. The standard InChI is InChI=1S/C24H24N6O3/c1-24(2)23(32)29-18-12-15(5-8-20(18)33-24)22(31)30-11-3-4-19(30)17-7-6-16(13-27-17)28-21-14-25-9-10-26-21/h5-10,12-14,19H,3-4,11H2,1-2H3,(H,26,28)(H,29,32)/t19-/m1/s1. The minimum Gasteiger partial charge on any atom is -0.476 e. The summed E-state index contributed by atoms with van der Waals surface area (Å²) in [6, 6.07) is 8.90. The lowest BCUT2D eigenvalue weighted by Crippen LogP contribution is -2.45. The molecular formula is C24H24N6O3. The van der Waals surface area contributed by atoms with E-state index >= 15 is 0 Å². The molecule has 168 valence electrons. The number of benzene rings is 1. The highest BCUT2D eigenvalue weighted by Gasteiger charge is 2.36. The lowest BCUT2D eigenvalue weighted by atomic mass is 10.0. The van der Waals surface area contributed by atoms with Crippen molar-refractivity contribution in [3.8, 4) is 5.75 Å². The van der Waals surface area contributed by atoms with Gasteiger partial charge >= 0.3 is 0 Å². The third-order valence-electron chi connectivity index (χ3n) is 5.86. The minimum atomic E-state index is -0.946. The molecule has 1 aromatic carbocycles. The van der Waals surface area contributed by atoms with Crippen LogP contribution in [0.25, 0.3) is 0 Å². The molecule has 33 heavy (non-hydrogen) atoms. The number of rotatable bonds is 4. The van der Waals surface area contributed by atoms with Gasteiger partial charge in [-0.2, -0.15) is 0 Å². The van der Waals surface area contributed by atoms with Crippen LogP contribution in [0.15, 0.2) is 55.1 Å². The summed E-state index contributed by atoms with van der Waals surface area (Å²) in [6.45, 7) is 4.07. The van der Waals surface area contributed by atoms with E-state index in [1.165, 1.54) is 0 Å². The number of nitrogens with zero attached hydrogens (tertiary/aromatic N) is 4. The van der Waals surface area contributed by atoms with E-state index in [4.69, 9.17) is 4.74 Å². The molecule has 0 spiro atoms. The number of ether oxygens (including phenoxy) is 1. The van der Waals surface area contributed by atoms with Crippen molar-refractivity contribution in [1.82, 2.24) is 19.9 Å². The Morgan fingerprint density at radius 3 is 2.82 bits per heavy atom. The third kappa shape index (κ3) is 4.09. The van der Waals surface area contributed by atoms with Crippen molar-refractivity contribution in [3.05, 3.63) is 66.4 Å². The van der Waals surface area contributed by atoms with Crippen molar-refractivity contribution in [2.45, 2.75) is 38.3 Å². The fraction of sp³-hybridized carbons (Fsp3) is 0.292. The van der Waals surface area contributed by atoms with Gasteiger partial charge in [0.25, 0.3) is 11.8 Å². The van der Waals surface area contributed by atoms with Crippen molar-refractivity contribution in [1.29, 1.82) is 0 Å². The zero-order valence-corrected chi connectivity index (χ0v) is 18.4. The van der Waals surface area contributed by atoms with Crippen LogP contribution in [0.5, 0.6) is 5.75 Å². The highest BCUT2D eigenvalue weighted by atomic mass is 16.5. The molecule has 0 unspecified atom stereocenters. The first-order chi connectivity index (χ1) is 15.9. The Labute approximate surface area is 191 Å². The summed E-state index contributed by atoms with van der Waals surface area (Å²) in [6.07, 6.45) is 8.34. The highest BCUT2D eigenvalue weighted by Crippen LogP contribution is 2.37. The summed E-state index contributed by atoms with van der Waals surface area (Å²) in [4.78, 5) is 40.3. The first-order valence-electron chi connectivity index (χ1n) is 10.9. The van der Waals surface area contributed by atoms with Gasteiger partial charge in [0.15, 0.2) is 5.60 Å². The maximum Gasteiger partial charge on any atom is 0.268 e. The Kier molecular flexibility index (Phi) is 5.16. The van der Waals surface area contributed by atoms with E-state index in [2.05, 4.69) is 25.6 Å². The average molecular weight is 444 g/mol. The molecule has 0 bridgehead atoms. The van der Waals surface area contributed by atoms with Gasteiger partial charge in [-0.1, -0.05) is 0 Å². The number of carbonyl (C=O) groups is 2. The summed E-state index contributed by atoms with van der Waals surface area (Å²) in [5, 5.41) is 6.00. The molecule has 2 amide bonds. The van der Waals surface area contributed by atoms with E-state index in [0.29, 0.717) is 29.4 Å². The third-order valence-corrected chi connectivity index (χ3v) is 5.86. The predicted molar refractivity (Wildman–Crippen MR) is 122 cm³/mol. The smallest absolute Gasteiger partial charge is 0.268 e. The SMILES string of the molecule is CC1(C)Oc2ccc(C(=O)N3CCC[C@@H]3c3ccc(Nc4cnccn4)cn3)cc2NC1=O. The van der Waals surface area contributed by atoms with Gasteiger partial charge in [0, 0.05) is 24.5 Å². The number of hydrogen-bond donors (Lipinski definition) is 2. The van der Waals surface area contributed by atoms with Gasteiger partial charge in [-0.25, -0.2) is 4.98 Å². The number of carbonyl (C=O) groups excluding carboxylic acids is 2. The molecule has 1 saturated heterocycles. The molecule has 5 rings (SSSR count). The van der Waals surface area contributed by atoms with Crippen LogP contribution in [0, 0.1) is 0 Å². The molecule has 2 aromatic heterocycles. The number of pyridine rings is 1. The lowest BCUT2D eigenvalue weighted by Gasteiger charge is -2.32. The molecule has 0 saturated carbocycles. The van der Waals surface area contributed by atoms with E-state index in [0.717, 1.165) is 24.2 Å². The van der Waals surface area contributed by atoms with Crippen molar-refractivity contribution < 1.29 is 14.3 Å². The number of nitrogens with one attached hydrogen (secondary N) is 2. The normalized spacial score (nSPS) is 18.8. The highest BCUT2D eigenvalue weighted by molar-refractivity contribution is 6.02. The molecule has 9 heteroatoms. The summed E-state index contributed by atoms with van der Waals surface area (Å²) in [7, 11) is 0. The zero-order valence-electron chi connectivity index (χ0n) is 18.4. The van der Waals surface area contributed by atoms with Crippen LogP contribution < -0.4 is 15.4 Å². The molecule has 4 heterocycles. The Morgan fingerprint density at radius 1 is 1.18 bits per heavy atom. The molecule has 2 N–H and O–H groups in total. The molecule has 1 atom stereocenters. The number of likely N-dealkylation sites (tertiary alicyclic amines) is 1. The van der Waals surface area contributed by atoms with E-state index in [9.17, 15) is 9.59 Å². The van der Waals surface area contributed by atoms with E-state index in [1.54, 1.807) is 56.8 Å². The first-order valence-corrected chi connectivity index (χ1v) is 10.9. The Balaban J connectivity index is 1.33. The number of fused-ring (bicyclic) bond motifs is 1. The molecule has 1 fully saturated rings. The van der Waals surface area contributed by atoms with Gasteiger partial charge in [0.1, 0.15) is 11.6 Å². The van der Waals surface area contributed by atoms with Gasteiger partial charge in [0.2, 0.25) is 0 Å². The van der Waals surface area contributed by atoms with Crippen molar-refractivity contribution in [3.63, 3.8) is 0 Å². The quantitative estimate of drug-likeness (QED) is 0.631. The molecule has 3 aromatic rings. The molecule has 2 aliphatic heterocycles. The van der Waals surface area contributed by atoms with Crippen molar-refractivity contribution in [2.75, 3.05) is 17.2 Å². The Bertz CT molecular complexity index is 1200. The number of anilines is 3. The molecule has 9 nitrogen and oxygen atoms in total. The first kappa shape index (κ1) is 20.9. The van der Waals surface area contributed by atoms with Crippen LogP contribution in [0.2, 0.25) is 0 Å². The van der Waals surface area contributed by atoms with Crippen LogP contribution in [0.4, 0.5) is 17.2 Å². The molecular weight excluding hydrogens is 420 g/mol. The minimum absolute atomic E-state index is 0.0945. The van der Waals surface area contributed by atoms with Gasteiger partial charge < -0.3 is 20.3 Å². The average Bonchev–Trinajstić information content (AvgIpc) is 3.30. The number of hydrogen-bond acceptors (Lipinski definition) is 7. The summed E-state index contributed by atoms with van der Waals surface area (Å²) in [5.74, 6) is 0.861. The predicted octanol–water partition coefficient (Wildman–Crippen LogP) is 3.70. The van der Waals surface area contributed by atoms with Crippen LogP contribution in [0.3, 0.4) is 0 Å². The number of aromatic nitrogens is 3. The Hall–Kier alpha value is -4.01. The van der Waals surface area contributed by atoms with Crippen LogP contribution >= 0.6 is 0 Å². The van der Waals surface area contributed by atoms with Gasteiger partial charge in [-0.05, 0) is 57.0 Å². The van der Waals surface area contributed by atoms with Crippen LogP contribution in [-0.2, 0) is 4.79 Å². The van der Waals surface area contributed by atoms with E-state index in [1.807, 2.05) is 17.0 Å². The van der Waals surface area contributed by atoms with Gasteiger partial charge in [0.05, 0.1) is 35.5 Å². The number of amides is 2. The molecule has 2 aliphatic rings. The van der Waals surface area contributed by atoms with Gasteiger partial charge in [-0.15, -0.1) is 0 Å². The zero-order chi connectivity index (χ0) is 23.0. The lowest BCUT2D eigenvalue weighted by molar-refractivity contribution is -0.129. The van der Waals surface area contributed by atoms with E-state index in [-0.39, 0.29) is 17.9 Å². The second-order valence-electron chi connectivity index (χ2n) is 8.62. The van der Waals surface area contributed by atoms with Crippen molar-refractivity contribution in [2.24, 2.45) is 0 Å². The molecule has 0 aliphatic carbocycles. The van der Waals surface area contributed by atoms with Gasteiger partial charge in [-0.3, -0.25) is 19.6 Å². The monoisotopic (exact) mass is 444 g/mol. The molecule has 0 radical (unpaired) electrons. The van der Waals surface area contributed by atoms with Crippen LogP contribution in [0.1, 0.15) is 48.8 Å². The fourth-order valence-corrected chi connectivity index (χ4v) is 4.11. The van der Waals surface area contributed by atoms with Crippen molar-refractivity contribution >= 4 is 29.0 Å². The summed E-state index contributed by atoms with van der Waals surface area (Å²) < 4.78 is 5.77. The maximum absolute atomic E-state index is 13.4.